The summed E-state index contributed by atoms with van der Waals surface area (Å²) in [7, 11) is 0. The van der Waals surface area contributed by atoms with E-state index in [-0.39, 0.29) is 18.6 Å². The zero-order valence-electron chi connectivity index (χ0n) is 11.2. The molecule has 4 N–H and O–H groups in total. The lowest BCUT2D eigenvalue weighted by Crippen LogP contribution is -2.42. The van der Waals surface area contributed by atoms with E-state index in [0.717, 1.165) is 25.7 Å². The largest absolute Gasteiger partial charge is 0.394 e. The quantitative estimate of drug-likeness (QED) is 0.579. The van der Waals surface area contributed by atoms with E-state index in [1.165, 1.54) is 6.20 Å². The van der Waals surface area contributed by atoms with Crippen LogP contribution in [0, 0.1) is 0 Å². The molecule has 1 aromatic rings. The first kappa shape index (κ1) is 15.0. The Labute approximate surface area is 122 Å². The monoisotopic (exact) mass is 298 g/mol. The third-order valence-electron chi connectivity index (χ3n) is 3.57. The SMILES string of the molecule is NNc1ncc(C(=O)N2CCCCCC2CO)cc1Cl. The molecule has 1 amide bonds. The average Bonchev–Trinajstić information content (AvgIpc) is 2.71. The number of hydrogen-bond acceptors (Lipinski definition) is 5. The normalized spacial score (nSPS) is 19.6. The number of nitrogens with one attached hydrogen (secondary N) is 1. The lowest BCUT2D eigenvalue weighted by Gasteiger charge is -2.28. The van der Waals surface area contributed by atoms with E-state index in [1.807, 2.05) is 0 Å². The van der Waals surface area contributed by atoms with Crippen LogP contribution in [0.2, 0.25) is 5.02 Å². The summed E-state index contributed by atoms with van der Waals surface area (Å²) >= 11 is 5.99. The third-order valence-corrected chi connectivity index (χ3v) is 3.86. The van der Waals surface area contributed by atoms with Gasteiger partial charge in [0.05, 0.1) is 23.2 Å². The zero-order valence-corrected chi connectivity index (χ0v) is 11.9. The summed E-state index contributed by atoms with van der Waals surface area (Å²) in [5.41, 5.74) is 2.77. The number of likely N-dealkylation sites (tertiary alicyclic amines) is 1. The molecule has 0 aromatic carbocycles. The molecule has 1 aliphatic rings. The highest BCUT2D eigenvalue weighted by molar-refractivity contribution is 6.33. The van der Waals surface area contributed by atoms with Crippen LogP contribution in [0.25, 0.3) is 0 Å². The van der Waals surface area contributed by atoms with E-state index in [1.54, 1.807) is 11.0 Å². The highest BCUT2D eigenvalue weighted by Crippen LogP contribution is 2.23. The minimum absolute atomic E-state index is 0.0185. The number of anilines is 1. The van der Waals surface area contributed by atoms with Gasteiger partial charge in [-0.25, -0.2) is 10.8 Å². The Morgan fingerprint density at radius 2 is 2.35 bits per heavy atom. The molecule has 0 radical (unpaired) electrons. The maximum atomic E-state index is 12.5. The molecule has 2 heterocycles. The molecule has 1 aliphatic heterocycles. The van der Waals surface area contributed by atoms with E-state index < -0.39 is 0 Å². The number of halogens is 1. The first-order valence-electron chi connectivity index (χ1n) is 6.71. The number of nitrogen functional groups attached to an aromatic ring is 1. The Balaban J connectivity index is 2.22. The molecule has 0 bridgehead atoms. The maximum absolute atomic E-state index is 12.5. The van der Waals surface area contributed by atoms with Crippen LogP contribution in [0.15, 0.2) is 12.3 Å². The molecule has 2 rings (SSSR count). The summed E-state index contributed by atoms with van der Waals surface area (Å²) in [5, 5.41) is 9.76. The molecule has 0 spiro atoms. The van der Waals surface area contributed by atoms with Gasteiger partial charge in [0.15, 0.2) is 5.82 Å². The van der Waals surface area contributed by atoms with Crippen LogP contribution in [0.1, 0.15) is 36.0 Å². The van der Waals surface area contributed by atoms with E-state index in [2.05, 4.69) is 10.4 Å². The van der Waals surface area contributed by atoms with Gasteiger partial charge in [-0.1, -0.05) is 24.4 Å². The van der Waals surface area contributed by atoms with Crippen molar-refractivity contribution in [2.24, 2.45) is 5.84 Å². The number of nitrogens with zero attached hydrogens (tertiary/aromatic N) is 2. The Hall–Kier alpha value is -1.37. The molecule has 20 heavy (non-hydrogen) atoms. The van der Waals surface area contributed by atoms with Gasteiger partial charge in [0, 0.05) is 12.7 Å². The minimum atomic E-state index is -0.149. The molecular weight excluding hydrogens is 280 g/mol. The fourth-order valence-electron chi connectivity index (χ4n) is 2.46. The van der Waals surface area contributed by atoms with Gasteiger partial charge >= 0.3 is 0 Å². The average molecular weight is 299 g/mol. The second-order valence-corrected chi connectivity index (χ2v) is 5.29. The molecule has 110 valence electrons. The summed E-state index contributed by atoms with van der Waals surface area (Å²) in [5.74, 6) is 5.44. The molecule has 0 aliphatic carbocycles. The number of nitrogens with two attached hydrogens (primary N) is 1. The van der Waals surface area contributed by atoms with Crippen molar-refractivity contribution in [1.82, 2.24) is 9.88 Å². The van der Waals surface area contributed by atoms with Gasteiger partial charge < -0.3 is 15.4 Å². The van der Waals surface area contributed by atoms with Crippen molar-refractivity contribution in [2.45, 2.75) is 31.7 Å². The van der Waals surface area contributed by atoms with Crippen LogP contribution in [0.3, 0.4) is 0 Å². The predicted octanol–water partition coefficient (Wildman–Crippen LogP) is 1.40. The number of rotatable bonds is 3. The minimum Gasteiger partial charge on any atom is -0.394 e. The Kier molecular flexibility index (Phi) is 5.17. The van der Waals surface area contributed by atoms with Gasteiger partial charge in [0.1, 0.15) is 0 Å². The number of pyridine rings is 1. The lowest BCUT2D eigenvalue weighted by molar-refractivity contribution is 0.0599. The molecular formula is C13H19ClN4O2. The van der Waals surface area contributed by atoms with E-state index in [0.29, 0.717) is 22.9 Å². The fourth-order valence-corrected chi connectivity index (χ4v) is 2.68. The van der Waals surface area contributed by atoms with Crippen LogP contribution in [-0.4, -0.2) is 40.1 Å². The van der Waals surface area contributed by atoms with Gasteiger partial charge in [-0.3, -0.25) is 4.79 Å². The number of hydrazine groups is 1. The van der Waals surface area contributed by atoms with Crippen molar-refractivity contribution in [3.63, 3.8) is 0 Å². The van der Waals surface area contributed by atoms with Crippen LogP contribution < -0.4 is 11.3 Å². The molecule has 1 atom stereocenters. The van der Waals surface area contributed by atoms with E-state index >= 15 is 0 Å². The lowest BCUT2D eigenvalue weighted by atomic mass is 10.1. The number of aromatic nitrogens is 1. The zero-order chi connectivity index (χ0) is 14.5. The molecule has 6 nitrogen and oxygen atoms in total. The number of carbonyl (C=O) groups is 1. The van der Waals surface area contributed by atoms with Gasteiger partial charge in [-0.05, 0) is 18.9 Å². The van der Waals surface area contributed by atoms with Crippen molar-refractivity contribution in [2.75, 3.05) is 18.6 Å². The van der Waals surface area contributed by atoms with Crippen molar-refractivity contribution >= 4 is 23.3 Å². The van der Waals surface area contributed by atoms with Crippen LogP contribution in [-0.2, 0) is 0 Å². The summed E-state index contributed by atoms with van der Waals surface area (Å²) in [6.45, 7) is 0.633. The number of hydrogen-bond donors (Lipinski definition) is 3. The smallest absolute Gasteiger partial charge is 0.255 e. The highest BCUT2D eigenvalue weighted by Gasteiger charge is 2.26. The van der Waals surface area contributed by atoms with Crippen molar-refractivity contribution in [1.29, 1.82) is 0 Å². The Bertz CT molecular complexity index is 483. The Morgan fingerprint density at radius 1 is 1.55 bits per heavy atom. The van der Waals surface area contributed by atoms with Gasteiger partial charge in [0.2, 0.25) is 0 Å². The first-order valence-corrected chi connectivity index (χ1v) is 7.09. The topological polar surface area (TPSA) is 91.5 Å². The van der Waals surface area contributed by atoms with Gasteiger partial charge in [-0.15, -0.1) is 0 Å². The number of aliphatic hydroxyl groups excluding tert-OH is 1. The third kappa shape index (κ3) is 3.20. The maximum Gasteiger partial charge on any atom is 0.255 e. The fraction of sp³-hybridized carbons (Fsp3) is 0.538. The standard InChI is InChI=1S/C13H19ClN4O2/c14-11-6-9(7-16-12(11)17-15)13(20)18-5-3-1-2-4-10(18)8-19/h6-7,10,19H,1-5,8,15H2,(H,16,17). The van der Waals surface area contributed by atoms with E-state index in [4.69, 9.17) is 17.4 Å². The van der Waals surface area contributed by atoms with Crippen LogP contribution in [0.4, 0.5) is 5.82 Å². The molecule has 1 unspecified atom stereocenters. The van der Waals surface area contributed by atoms with Crippen LogP contribution >= 0.6 is 11.6 Å². The van der Waals surface area contributed by atoms with Crippen LogP contribution in [0.5, 0.6) is 0 Å². The number of amides is 1. The van der Waals surface area contributed by atoms with E-state index in [9.17, 15) is 9.90 Å². The van der Waals surface area contributed by atoms with Crippen molar-refractivity contribution < 1.29 is 9.90 Å². The Morgan fingerprint density at radius 3 is 3.00 bits per heavy atom. The second kappa shape index (κ2) is 6.88. The molecule has 1 aromatic heterocycles. The highest BCUT2D eigenvalue weighted by atomic mass is 35.5. The molecule has 7 heteroatoms. The summed E-state index contributed by atoms with van der Waals surface area (Å²) < 4.78 is 0. The summed E-state index contributed by atoms with van der Waals surface area (Å²) in [6, 6.07) is 1.42. The van der Waals surface area contributed by atoms with Crippen molar-refractivity contribution in [3.8, 4) is 0 Å². The molecule has 1 saturated heterocycles. The van der Waals surface area contributed by atoms with Gasteiger partial charge in [-0.2, -0.15) is 0 Å². The van der Waals surface area contributed by atoms with Crippen molar-refractivity contribution in [3.05, 3.63) is 22.8 Å². The summed E-state index contributed by atoms with van der Waals surface area (Å²) in [6.07, 6.45) is 5.33. The molecule has 0 saturated carbocycles. The molecule has 1 fully saturated rings. The predicted molar refractivity (Wildman–Crippen MR) is 77.4 cm³/mol. The first-order chi connectivity index (χ1) is 9.67. The summed E-state index contributed by atoms with van der Waals surface area (Å²) in [4.78, 5) is 18.3. The number of carbonyl (C=O) groups excluding carboxylic acids is 1. The second-order valence-electron chi connectivity index (χ2n) is 4.88. The number of aliphatic hydroxyl groups is 1. The van der Waals surface area contributed by atoms with Gasteiger partial charge in [0.25, 0.3) is 5.91 Å².